The summed E-state index contributed by atoms with van der Waals surface area (Å²) in [5.74, 6) is 0.170. The Morgan fingerprint density at radius 1 is 1.43 bits per heavy atom. The fourth-order valence-corrected chi connectivity index (χ4v) is 2.13. The topological polar surface area (TPSA) is 35.9 Å². The van der Waals surface area contributed by atoms with Crippen LogP contribution in [0.4, 0.5) is 0 Å². The van der Waals surface area contributed by atoms with Gasteiger partial charge >= 0.3 is 0 Å². The smallest absolute Gasteiger partial charge is 0.262 e. The van der Waals surface area contributed by atoms with E-state index in [9.17, 15) is 4.79 Å². The molecule has 14 heavy (non-hydrogen) atoms. The molecule has 2 aliphatic heterocycles. The highest BCUT2D eigenvalue weighted by atomic mass is 16.2. The molecule has 0 aromatic carbocycles. The third kappa shape index (κ3) is 1.43. The van der Waals surface area contributed by atoms with Gasteiger partial charge in [0.05, 0.1) is 0 Å². The van der Waals surface area contributed by atoms with Crippen LogP contribution in [-0.4, -0.2) is 53.3 Å². The Labute approximate surface area is 84.6 Å². The van der Waals surface area contributed by atoms with Crippen molar-refractivity contribution in [3.05, 3.63) is 0 Å². The van der Waals surface area contributed by atoms with E-state index in [0.29, 0.717) is 6.04 Å². The van der Waals surface area contributed by atoms with Crippen LogP contribution in [0.25, 0.3) is 0 Å². The van der Waals surface area contributed by atoms with E-state index in [-0.39, 0.29) is 12.1 Å². The van der Waals surface area contributed by atoms with Crippen molar-refractivity contribution >= 4 is 11.6 Å². The van der Waals surface area contributed by atoms with Crippen molar-refractivity contribution in [1.82, 2.24) is 9.80 Å². The summed E-state index contributed by atoms with van der Waals surface area (Å²) in [6, 6.07) is 0.292. The van der Waals surface area contributed by atoms with E-state index in [0.717, 1.165) is 25.3 Å². The summed E-state index contributed by atoms with van der Waals surface area (Å²) < 4.78 is 0. The first kappa shape index (κ1) is 9.65. The molecule has 0 aromatic rings. The van der Waals surface area contributed by atoms with Crippen molar-refractivity contribution in [3.8, 4) is 0 Å². The molecule has 0 N–H and O–H groups in total. The maximum Gasteiger partial charge on any atom is 0.262 e. The van der Waals surface area contributed by atoms with Gasteiger partial charge in [0.25, 0.3) is 5.91 Å². The molecule has 1 unspecified atom stereocenters. The molecule has 1 saturated heterocycles. The molecule has 0 aliphatic carbocycles. The zero-order valence-electron chi connectivity index (χ0n) is 9.03. The summed E-state index contributed by atoms with van der Waals surface area (Å²) in [5, 5.41) is 0. The fraction of sp³-hybridized carbons (Fsp3) is 0.800. The third-order valence-corrected chi connectivity index (χ3v) is 2.88. The third-order valence-electron chi connectivity index (χ3n) is 2.88. The van der Waals surface area contributed by atoms with E-state index in [1.165, 1.54) is 0 Å². The number of fused-ring (bicyclic) bond motifs is 1. The number of amides is 1. The molecule has 0 bridgehead atoms. The van der Waals surface area contributed by atoms with Crippen molar-refractivity contribution in [2.75, 3.05) is 19.6 Å². The quantitative estimate of drug-likeness (QED) is 0.605. The molecular weight excluding hydrogens is 178 g/mol. The van der Waals surface area contributed by atoms with Crippen LogP contribution in [0.5, 0.6) is 0 Å². The molecule has 2 rings (SSSR count). The molecule has 0 saturated carbocycles. The second-order valence-electron chi connectivity index (χ2n) is 4.33. The minimum atomic E-state index is -0.217. The van der Waals surface area contributed by atoms with Crippen LogP contribution in [0.15, 0.2) is 4.99 Å². The van der Waals surface area contributed by atoms with Crippen LogP contribution in [-0.2, 0) is 4.79 Å². The lowest BCUT2D eigenvalue weighted by Gasteiger charge is -2.37. The molecule has 4 heteroatoms. The van der Waals surface area contributed by atoms with Crippen molar-refractivity contribution in [2.24, 2.45) is 4.99 Å². The zero-order chi connectivity index (χ0) is 10.3. The van der Waals surface area contributed by atoms with Crippen LogP contribution >= 0.6 is 0 Å². The monoisotopic (exact) mass is 195 g/mol. The van der Waals surface area contributed by atoms with Crippen molar-refractivity contribution in [2.45, 2.75) is 33.0 Å². The van der Waals surface area contributed by atoms with E-state index in [2.05, 4.69) is 23.7 Å². The van der Waals surface area contributed by atoms with Gasteiger partial charge in [-0.25, -0.2) is 0 Å². The molecule has 0 spiro atoms. The van der Waals surface area contributed by atoms with E-state index < -0.39 is 0 Å². The average molecular weight is 195 g/mol. The standard InChI is InChI=1S/C10H17N3O/c1-7(2)13-5-4-12-6-8(3)11-9(12)10(13)14/h7,9H,4-6H2,1-3H3. The van der Waals surface area contributed by atoms with E-state index in [4.69, 9.17) is 0 Å². The van der Waals surface area contributed by atoms with Gasteiger partial charge in [-0.15, -0.1) is 0 Å². The lowest BCUT2D eigenvalue weighted by molar-refractivity contribution is -0.142. The second kappa shape index (κ2) is 3.35. The van der Waals surface area contributed by atoms with E-state index in [1.807, 2.05) is 11.8 Å². The van der Waals surface area contributed by atoms with Crippen molar-refractivity contribution in [1.29, 1.82) is 0 Å². The lowest BCUT2D eigenvalue weighted by Crippen LogP contribution is -2.56. The summed E-state index contributed by atoms with van der Waals surface area (Å²) in [7, 11) is 0. The normalized spacial score (nSPS) is 28.3. The summed E-state index contributed by atoms with van der Waals surface area (Å²) in [5.41, 5.74) is 1.08. The molecule has 1 fully saturated rings. The van der Waals surface area contributed by atoms with Gasteiger partial charge in [-0.3, -0.25) is 14.7 Å². The Bertz CT molecular complexity index is 285. The highest BCUT2D eigenvalue weighted by Gasteiger charge is 2.38. The van der Waals surface area contributed by atoms with Gasteiger partial charge in [-0.1, -0.05) is 0 Å². The highest BCUT2D eigenvalue weighted by molar-refractivity contribution is 5.92. The molecule has 2 aliphatic rings. The Morgan fingerprint density at radius 2 is 2.14 bits per heavy atom. The summed E-state index contributed by atoms with van der Waals surface area (Å²) in [4.78, 5) is 20.4. The van der Waals surface area contributed by atoms with Crippen LogP contribution in [0.2, 0.25) is 0 Å². The summed E-state index contributed by atoms with van der Waals surface area (Å²) >= 11 is 0. The van der Waals surface area contributed by atoms with Gasteiger partial charge in [0.2, 0.25) is 0 Å². The Kier molecular flexibility index (Phi) is 2.31. The van der Waals surface area contributed by atoms with E-state index in [1.54, 1.807) is 0 Å². The maximum atomic E-state index is 12.0. The number of hydrogen-bond donors (Lipinski definition) is 0. The van der Waals surface area contributed by atoms with Crippen molar-refractivity contribution < 1.29 is 4.79 Å². The minimum absolute atomic E-state index is 0.170. The predicted octanol–water partition coefficient (Wildman–Crippen LogP) is 0.340. The number of nitrogens with zero attached hydrogens (tertiary/aromatic N) is 3. The number of rotatable bonds is 1. The average Bonchev–Trinajstić information content (AvgIpc) is 2.46. The number of carbonyl (C=O) groups is 1. The Morgan fingerprint density at radius 3 is 2.79 bits per heavy atom. The van der Waals surface area contributed by atoms with E-state index >= 15 is 0 Å². The molecule has 2 heterocycles. The molecular formula is C10H17N3O. The van der Waals surface area contributed by atoms with Crippen LogP contribution in [0, 0.1) is 0 Å². The van der Waals surface area contributed by atoms with Gasteiger partial charge in [-0.2, -0.15) is 0 Å². The van der Waals surface area contributed by atoms with Crippen LogP contribution in [0.1, 0.15) is 20.8 Å². The highest BCUT2D eigenvalue weighted by Crippen LogP contribution is 2.19. The number of piperazine rings is 1. The Balaban J connectivity index is 2.15. The largest absolute Gasteiger partial charge is 0.336 e. The first-order valence-electron chi connectivity index (χ1n) is 5.17. The summed E-state index contributed by atoms with van der Waals surface area (Å²) in [6.07, 6.45) is -0.217. The molecule has 1 atom stereocenters. The zero-order valence-corrected chi connectivity index (χ0v) is 9.03. The molecule has 4 nitrogen and oxygen atoms in total. The van der Waals surface area contributed by atoms with Gasteiger partial charge in [-0.05, 0) is 20.8 Å². The molecule has 1 amide bonds. The Hall–Kier alpha value is -0.900. The first-order valence-corrected chi connectivity index (χ1v) is 5.17. The minimum Gasteiger partial charge on any atom is -0.336 e. The first-order chi connectivity index (χ1) is 6.59. The molecule has 0 radical (unpaired) electrons. The van der Waals surface area contributed by atoms with Gasteiger partial charge in [0.15, 0.2) is 6.17 Å². The lowest BCUT2D eigenvalue weighted by atomic mass is 10.2. The number of hydrogen-bond acceptors (Lipinski definition) is 3. The second-order valence-corrected chi connectivity index (χ2v) is 4.33. The van der Waals surface area contributed by atoms with Crippen molar-refractivity contribution in [3.63, 3.8) is 0 Å². The SMILES string of the molecule is CC1=NC2C(=O)N(C(C)C)CCN2C1. The van der Waals surface area contributed by atoms with Gasteiger partial charge in [0.1, 0.15) is 0 Å². The van der Waals surface area contributed by atoms with Crippen LogP contribution in [0.3, 0.4) is 0 Å². The van der Waals surface area contributed by atoms with Gasteiger partial charge < -0.3 is 4.90 Å². The van der Waals surface area contributed by atoms with Crippen LogP contribution < -0.4 is 0 Å². The summed E-state index contributed by atoms with van der Waals surface area (Å²) in [6.45, 7) is 8.76. The number of carbonyl (C=O) groups excluding carboxylic acids is 1. The fourth-order valence-electron chi connectivity index (χ4n) is 2.13. The number of aliphatic imine (C=N–C) groups is 1. The maximum absolute atomic E-state index is 12.0. The molecule has 0 aromatic heterocycles. The predicted molar refractivity (Wildman–Crippen MR) is 55.3 cm³/mol. The molecule has 78 valence electrons. The van der Waals surface area contributed by atoms with Gasteiger partial charge in [0, 0.05) is 31.4 Å².